The number of hydroxylamine groups is 2. The second kappa shape index (κ2) is 10.2. The third kappa shape index (κ3) is 4.59. The monoisotopic (exact) mass is 456 g/mol. The molecular weight excluding hydrogens is 434 g/mol. The number of nitrogens with zero attached hydrogens (tertiary/aromatic N) is 3. The number of carbonyl (C=O) groups excluding carboxylic acids is 1. The van der Waals surface area contributed by atoms with Gasteiger partial charge in [0.2, 0.25) is 0 Å². The normalized spacial score (nSPS) is 18.0. The fourth-order valence-electron chi connectivity index (χ4n) is 3.10. The van der Waals surface area contributed by atoms with Gasteiger partial charge in [-0.05, 0) is 43.1 Å². The highest BCUT2D eigenvalue weighted by atomic mass is 35.5. The zero-order valence-corrected chi connectivity index (χ0v) is 18.2. The molecule has 0 saturated heterocycles. The van der Waals surface area contributed by atoms with E-state index in [1.54, 1.807) is 0 Å². The number of rotatable bonds is 6. The lowest BCUT2D eigenvalue weighted by molar-refractivity contribution is -0.0805. The first-order chi connectivity index (χ1) is 13.9. The van der Waals surface area contributed by atoms with Crippen LogP contribution in [0.1, 0.15) is 24.0 Å². The third-order valence-electron chi connectivity index (χ3n) is 4.63. The highest BCUT2D eigenvalue weighted by molar-refractivity contribution is 8.15. The Hall–Kier alpha value is -2.20. The van der Waals surface area contributed by atoms with Crippen LogP contribution >= 0.6 is 24.2 Å². The minimum atomic E-state index is -0.974. The van der Waals surface area contributed by atoms with Crippen LogP contribution in [0.5, 0.6) is 0 Å². The molecule has 6 nitrogen and oxygen atoms in total. The van der Waals surface area contributed by atoms with E-state index in [0.717, 1.165) is 28.8 Å². The summed E-state index contributed by atoms with van der Waals surface area (Å²) in [5.41, 5.74) is 6.54. The number of halogens is 3. The molecule has 2 aromatic rings. The summed E-state index contributed by atoms with van der Waals surface area (Å²) in [4.78, 5) is 17.1. The third-order valence-corrected chi connectivity index (χ3v) is 6.07. The van der Waals surface area contributed by atoms with Crippen LogP contribution < -0.4 is 5.73 Å². The Balaban J connectivity index is 0.00000320. The second-order valence-electron chi connectivity index (χ2n) is 6.45. The summed E-state index contributed by atoms with van der Waals surface area (Å²) in [6.07, 6.45) is 1.06. The van der Waals surface area contributed by atoms with Gasteiger partial charge in [-0.3, -0.25) is 4.84 Å². The molecule has 0 fully saturated rings. The molecule has 2 amide bonds. The Morgan fingerprint density at radius 2 is 1.97 bits per heavy atom. The van der Waals surface area contributed by atoms with Crippen molar-refractivity contribution in [2.45, 2.75) is 17.7 Å². The number of hydrogen-bond acceptors (Lipinski definition) is 5. The largest absolute Gasteiger partial charge is 0.365 e. The minimum absolute atomic E-state index is 0. The van der Waals surface area contributed by atoms with E-state index in [1.807, 2.05) is 30.3 Å². The van der Waals surface area contributed by atoms with E-state index in [0.29, 0.717) is 19.4 Å². The number of benzene rings is 2. The highest BCUT2D eigenvalue weighted by Gasteiger charge is 2.49. The first kappa shape index (κ1) is 24.1. The van der Waals surface area contributed by atoms with E-state index in [9.17, 15) is 13.6 Å². The summed E-state index contributed by atoms with van der Waals surface area (Å²) >= 11 is 1.20. The van der Waals surface area contributed by atoms with Gasteiger partial charge in [-0.15, -0.1) is 12.4 Å². The summed E-state index contributed by atoms with van der Waals surface area (Å²) in [5, 5.41) is 6.92. The quantitative estimate of drug-likeness (QED) is 0.658. The Morgan fingerprint density at radius 1 is 1.27 bits per heavy atom. The smallest absolute Gasteiger partial charge is 0.330 e. The van der Waals surface area contributed by atoms with Crippen LogP contribution in [0.2, 0.25) is 0 Å². The number of carbonyl (C=O) groups is 1. The predicted octanol–water partition coefficient (Wildman–Crippen LogP) is 4.30. The van der Waals surface area contributed by atoms with Gasteiger partial charge in [-0.25, -0.2) is 18.6 Å². The first-order valence-corrected chi connectivity index (χ1v) is 9.85. The summed E-state index contributed by atoms with van der Waals surface area (Å²) in [7, 11) is 2.82. The Morgan fingerprint density at radius 3 is 2.60 bits per heavy atom. The van der Waals surface area contributed by atoms with Crippen molar-refractivity contribution in [3.63, 3.8) is 0 Å². The maximum atomic E-state index is 14.5. The molecule has 1 heterocycles. The predicted molar refractivity (Wildman–Crippen MR) is 116 cm³/mol. The van der Waals surface area contributed by atoms with Gasteiger partial charge in [0.25, 0.3) is 0 Å². The molecule has 162 valence electrons. The fraction of sp³-hybridized carbons (Fsp3) is 0.300. The van der Waals surface area contributed by atoms with Gasteiger partial charge in [-0.2, -0.15) is 10.1 Å². The zero-order valence-electron chi connectivity index (χ0n) is 16.5. The molecule has 3 rings (SSSR count). The molecule has 1 aliphatic rings. The van der Waals surface area contributed by atoms with Gasteiger partial charge >= 0.3 is 6.03 Å². The van der Waals surface area contributed by atoms with Gasteiger partial charge in [0.15, 0.2) is 0 Å². The molecule has 0 aliphatic carbocycles. The van der Waals surface area contributed by atoms with Crippen LogP contribution in [0, 0.1) is 11.6 Å². The summed E-state index contributed by atoms with van der Waals surface area (Å²) in [6, 6.07) is 11.9. The van der Waals surface area contributed by atoms with Crippen molar-refractivity contribution in [2.75, 3.05) is 20.7 Å². The summed E-state index contributed by atoms with van der Waals surface area (Å²) in [5.74, 6) is -1.21. The van der Waals surface area contributed by atoms with E-state index in [4.69, 9.17) is 10.6 Å². The van der Waals surface area contributed by atoms with E-state index in [2.05, 4.69) is 5.10 Å². The van der Waals surface area contributed by atoms with Gasteiger partial charge in [0.1, 0.15) is 21.5 Å². The molecule has 0 bridgehead atoms. The van der Waals surface area contributed by atoms with Crippen molar-refractivity contribution < 1.29 is 18.4 Å². The Labute approximate surface area is 184 Å². The maximum Gasteiger partial charge on any atom is 0.365 e. The standard InChI is InChI=1S/C20H22F2N4O2S.ClH/c1-25(28-2)19(27)26-20(11-6-12-23,14-7-4-3-5-8-14)29-18(24-26)16-13-15(21)9-10-17(16)22;/h3-5,7-10,13H,6,11-12,23H2,1-2H3;1H/t20-;/m0./s1. The molecule has 1 atom stereocenters. The Bertz CT molecular complexity index is 919. The van der Waals surface area contributed by atoms with Crippen molar-refractivity contribution >= 4 is 35.2 Å². The average Bonchev–Trinajstić information content (AvgIpc) is 3.14. The molecule has 2 N–H and O–H groups in total. The molecule has 0 saturated carbocycles. The van der Waals surface area contributed by atoms with Crippen LogP contribution in [0.15, 0.2) is 53.6 Å². The van der Waals surface area contributed by atoms with Crippen LogP contribution in [0.3, 0.4) is 0 Å². The van der Waals surface area contributed by atoms with E-state index >= 15 is 0 Å². The topological polar surface area (TPSA) is 71.2 Å². The number of amides is 2. The van der Waals surface area contributed by atoms with Crippen LogP contribution in [0.4, 0.5) is 13.6 Å². The van der Waals surface area contributed by atoms with Crippen molar-refractivity contribution in [3.05, 3.63) is 71.3 Å². The molecule has 1 aliphatic heterocycles. The summed E-state index contributed by atoms with van der Waals surface area (Å²) in [6.45, 7) is 0.404. The molecular formula is C20H23ClF2N4O2S. The molecule has 0 unspecified atom stereocenters. The Kier molecular flexibility index (Phi) is 8.19. The molecule has 30 heavy (non-hydrogen) atoms. The van der Waals surface area contributed by atoms with Gasteiger partial charge in [0, 0.05) is 12.6 Å². The van der Waals surface area contributed by atoms with E-state index < -0.39 is 22.5 Å². The lowest BCUT2D eigenvalue weighted by Gasteiger charge is -2.37. The van der Waals surface area contributed by atoms with Crippen molar-refractivity contribution in [1.82, 2.24) is 10.1 Å². The van der Waals surface area contributed by atoms with E-state index in [-0.39, 0.29) is 23.0 Å². The molecule has 0 aromatic heterocycles. The van der Waals surface area contributed by atoms with Gasteiger partial charge in [0.05, 0.1) is 7.11 Å². The van der Waals surface area contributed by atoms with Crippen molar-refractivity contribution in [2.24, 2.45) is 10.8 Å². The van der Waals surface area contributed by atoms with Crippen molar-refractivity contribution in [3.8, 4) is 0 Å². The average molecular weight is 457 g/mol. The molecule has 10 heteroatoms. The number of thioether (sulfide) groups is 1. The zero-order chi connectivity index (χ0) is 21.0. The number of urea groups is 1. The van der Waals surface area contributed by atoms with Crippen LogP contribution in [-0.2, 0) is 9.71 Å². The lowest BCUT2D eigenvalue weighted by atomic mass is 10.0. The van der Waals surface area contributed by atoms with Gasteiger partial charge in [-0.1, -0.05) is 42.1 Å². The molecule has 0 radical (unpaired) electrons. The van der Waals surface area contributed by atoms with Crippen LogP contribution in [-0.4, -0.2) is 41.8 Å². The lowest BCUT2D eigenvalue weighted by Crippen LogP contribution is -2.47. The molecule has 0 spiro atoms. The molecule has 2 aromatic carbocycles. The first-order valence-electron chi connectivity index (χ1n) is 9.03. The highest BCUT2D eigenvalue weighted by Crippen LogP contribution is 2.50. The summed E-state index contributed by atoms with van der Waals surface area (Å²) < 4.78 is 28.3. The van der Waals surface area contributed by atoms with Crippen molar-refractivity contribution in [1.29, 1.82) is 0 Å². The number of hydrogen-bond donors (Lipinski definition) is 1. The maximum absolute atomic E-state index is 14.5. The number of nitrogens with two attached hydrogens (primary N) is 1. The van der Waals surface area contributed by atoms with Gasteiger partial charge < -0.3 is 5.73 Å². The number of hydrazone groups is 1. The fourth-order valence-corrected chi connectivity index (χ4v) is 4.51. The SMILES string of the molecule is CON(C)C(=O)N1N=C(c2cc(F)ccc2F)S[C@@]1(CCCN)c1ccccc1.Cl. The minimum Gasteiger partial charge on any atom is -0.330 e. The second-order valence-corrected chi connectivity index (χ2v) is 7.71. The van der Waals surface area contributed by atoms with E-state index in [1.165, 1.54) is 30.9 Å². The van der Waals surface area contributed by atoms with Crippen LogP contribution in [0.25, 0.3) is 0 Å².